The Morgan fingerprint density at radius 3 is 2.76 bits per heavy atom. The van der Waals surface area contributed by atoms with Crippen LogP contribution in [0.3, 0.4) is 0 Å². The zero-order valence-electron chi connectivity index (χ0n) is 13.1. The summed E-state index contributed by atoms with van der Waals surface area (Å²) in [4.78, 5) is 12.1. The minimum Gasteiger partial charge on any atom is -0.294 e. The van der Waals surface area contributed by atoms with Gasteiger partial charge in [-0.1, -0.05) is 26.0 Å². The van der Waals surface area contributed by atoms with Crippen LogP contribution in [0.5, 0.6) is 0 Å². The third-order valence-corrected chi connectivity index (χ3v) is 8.30. The van der Waals surface area contributed by atoms with Crippen molar-refractivity contribution in [2.75, 3.05) is 0 Å². The monoisotopic (exact) mass is 348 g/mol. The SMILES string of the molecule is C[C@@]12C=CCC1C1CCC3=C(Br)C(=O)CC[C@]3(C)C1CC2. The van der Waals surface area contributed by atoms with E-state index in [9.17, 15) is 4.79 Å². The Morgan fingerprint density at radius 1 is 1.14 bits per heavy atom. The van der Waals surface area contributed by atoms with Crippen LogP contribution in [0.2, 0.25) is 0 Å². The normalized spacial score (nSPS) is 48.9. The maximum absolute atomic E-state index is 12.1. The van der Waals surface area contributed by atoms with Crippen molar-refractivity contribution in [3.8, 4) is 0 Å². The van der Waals surface area contributed by atoms with E-state index >= 15 is 0 Å². The van der Waals surface area contributed by atoms with Crippen LogP contribution >= 0.6 is 15.9 Å². The molecule has 4 rings (SSSR count). The molecule has 0 N–H and O–H groups in total. The zero-order valence-corrected chi connectivity index (χ0v) is 14.7. The Labute approximate surface area is 136 Å². The molecule has 4 aliphatic rings. The molecule has 114 valence electrons. The fraction of sp³-hybridized carbons (Fsp3) is 0.737. The predicted molar refractivity (Wildman–Crippen MR) is 89.1 cm³/mol. The van der Waals surface area contributed by atoms with Gasteiger partial charge in [0, 0.05) is 6.42 Å². The van der Waals surface area contributed by atoms with Crippen molar-refractivity contribution in [3.05, 3.63) is 22.2 Å². The van der Waals surface area contributed by atoms with Gasteiger partial charge in [-0.15, -0.1) is 0 Å². The number of hydrogen-bond acceptors (Lipinski definition) is 1. The van der Waals surface area contributed by atoms with Crippen LogP contribution in [-0.2, 0) is 4.79 Å². The first-order chi connectivity index (χ1) is 9.96. The Morgan fingerprint density at radius 2 is 1.95 bits per heavy atom. The average Bonchev–Trinajstić information content (AvgIpc) is 2.85. The van der Waals surface area contributed by atoms with Crippen LogP contribution in [0, 0.1) is 28.6 Å². The summed E-state index contributed by atoms with van der Waals surface area (Å²) >= 11 is 3.63. The number of rotatable bonds is 0. The number of fused-ring (bicyclic) bond motifs is 5. The summed E-state index contributed by atoms with van der Waals surface area (Å²) in [7, 11) is 0. The first-order valence-corrected chi connectivity index (χ1v) is 9.35. The lowest BCUT2D eigenvalue weighted by Gasteiger charge is -2.57. The number of carbonyl (C=O) groups excluding carboxylic acids is 1. The molecule has 2 fully saturated rings. The molecule has 0 saturated heterocycles. The van der Waals surface area contributed by atoms with E-state index in [1.54, 1.807) is 0 Å². The van der Waals surface area contributed by atoms with Crippen molar-refractivity contribution in [1.82, 2.24) is 0 Å². The third-order valence-electron chi connectivity index (χ3n) is 7.38. The van der Waals surface area contributed by atoms with Crippen molar-refractivity contribution in [3.63, 3.8) is 0 Å². The van der Waals surface area contributed by atoms with Gasteiger partial charge in [-0.3, -0.25) is 4.79 Å². The molecule has 0 aromatic carbocycles. The molecule has 2 saturated carbocycles. The molecule has 0 amide bonds. The van der Waals surface area contributed by atoms with Crippen LogP contribution in [0.4, 0.5) is 0 Å². The molecule has 2 heteroatoms. The molecule has 4 aliphatic carbocycles. The Bertz CT molecular complexity index is 560. The van der Waals surface area contributed by atoms with E-state index in [1.807, 2.05) is 0 Å². The van der Waals surface area contributed by atoms with Crippen LogP contribution < -0.4 is 0 Å². The van der Waals surface area contributed by atoms with Crippen molar-refractivity contribution in [2.24, 2.45) is 28.6 Å². The number of allylic oxidation sites excluding steroid dienone is 4. The molecule has 5 atom stereocenters. The highest BCUT2D eigenvalue weighted by Crippen LogP contribution is 2.64. The van der Waals surface area contributed by atoms with Crippen LogP contribution in [0.15, 0.2) is 22.2 Å². The topological polar surface area (TPSA) is 17.1 Å². The zero-order chi connectivity index (χ0) is 14.8. The lowest BCUT2D eigenvalue weighted by molar-refractivity contribution is -0.117. The number of hydrogen-bond donors (Lipinski definition) is 0. The number of Topliss-reactive ketones (excluding diaryl/α,β-unsaturated/α-hetero) is 1. The highest BCUT2D eigenvalue weighted by Gasteiger charge is 2.55. The Kier molecular flexibility index (Phi) is 3.10. The molecular formula is C19H25BrO. The molecule has 3 unspecified atom stereocenters. The number of carbonyl (C=O) groups is 1. The summed E-state index contributed by atoms with van der Waals surface area (Å²) in [6.07, 6.45) is 13.1. The Balaban J connectivity index is 1.73. The maximum atomic E-state index is 12.1. The molecule has 1 nitrogen and oxygen atoms in total. The lowest BCUT2D eigenvalue weighted by atomic mass is 9.47. The van der Waals surface area contributed by atoms with Crippen molar-refractivity contribution < 1.29 is 4.79 Å². The van der Waals surface area contributed by atoms with E-state index in [0.29, 0.717) is 11.2 Å². The fourth-order valence-electron chi connectivity index (χ4n) is 6.13. The standard InChI is InChI=1S/C19H25BrO/c1-18-9-3-4-13(18)12-5-6-15-17(20)16(21)8-11-19(15,2)14(12)7-10-18/h3,9,12-14H,4-8,10-11H2,1-2H3/t12?,13?,14?,18-,19+/m0/s1. The van der Waals surface area contributed by atoms with Gasteiger partial charge in [0.15, 0.2) is 5.78 Å². The molecule has 0 aromatic rings. The molecule has 21 heavy (non-hydrogen) atoms. The molecule has 0 heterocycles. The number of ketones is 1. The number of halogens is 1. The van der Waals surface area contributed by atoms with E-state index in [2.05, 4.69) is 41.9 Å². The highest BCUT2D eigenvalue weighted by molar-refractivity contribution is 9.12. The second-order valence-electron chi connectivity index (χ2n) is 8.23. The van der Waals surface area contributed by atoms with Gasteiger partial charge in [-0.05, 0) is 88.6 Å². The van der Waals surface area contributed by atoms with Gasteiger partial charge in [0.2, 0.25) is 0 Å². The van der Waals surface area contributed by atoms with E-state index in [4.69, 9.17) is 0 Å². The second-order valence-corrected chi connectivity index (χ2v) is 9.02. The van der Waals surface area contributed by atoms with E-state index < -0.39 is 0 Å². The average molecular weight is 349 g/mol. The minimum absolute atomic E-state index is 0.277. The molecule has 0 radical (unpaired) electrons. The summed E-state index contributed by atoms with van der Waals surface area (Å²) in [6, 6.07) is 0. The molecule has 0 aromatic heterocycles. The summed E-state index contributed by atoms with van der Waals surface area (Å²) in [6.45, 7) is 4.93. The predicted octanol–water partition coefficient (Wildman–Crippen LogP) is 5.41. The molecule has 0 spiro atoms. The van der Waals surface area contributed by atoms with E-state index in [0.717, 1.165) is 41.5 Å². The Hall–Kier alpha value is -0.370. The summed E-state index contributed by atoms with van der Waals surface area (Å²) in [5.74, 6) is 2.84. The summed E-state index contributed by atoms with van der Waals surface area (Å²) < 4.78 is 0.938. The van der Waals surface area contributed by atoms with Crippen molar-refractivity contribution in [1.29, 1.82) is 0 Å². The molecular weight excluding hydrogens is 324 g/mol. The smallest absolute Gasteiger partial charge is 0.169 e. The van der Waals surface area contributed by atoms with Gasteiger partial charge < -0.3 is 0 Å². The quantitative estimate of drug-likeness (QED) is 0.535. The summed E-state index contributed by atoms with van der Waals surface area (Å²) in [5.41, 5.74) is 2.19. The van der Waals surface area contributed by atoms with Gasteiger partial charge in [0.05, 0.1) is 4.48 Å². The second kappa shape index (κ2) is 4.57. The van der Waals surface area contributed by atoms with Crippen LogP contribution in [0.25, 0.3) is 0 Å². The maximum Gasteiger partial charge on any atom is 0.169 e. The first kappa shape index (κ1) is 14.2. The fourth-order valence-corrected chi connectivity index (χ4v) is 6.98. The molecule has 0 bridgehead atoms. The van der Waals surface area contributed by atoms with Crippen molar-refractivity contribution in [2.45, 2.75) is 58.8 Å². The van der Waals surface area contributed by atoms with Gasteiger partial charge in [0.1, 0.15) is 0 Å². The third kappa shape index (κ3) is 1.84. The van der Waals surface area contributed by atoms with E-state index in [1.165, 1.54) is 31.3 Å². The highest BCUT2D eigenvalue weighted by atomic mass is 79.9. The van der Waals surface area contributed by atoms with Gasteiger partial charge in [0.25, 0.3) is 0 Å². The van der Waals surface area contributed by atoms with Gasteiger partial charge in [-0.2, -0.15) is 0 Å². The van der Waals surface area contributed by atoms with E-state index in [-0.39, 0.29) is 5.41 Å². The summed E-state index contributed by atoms with van der Waals surface area (Å²) in [5, 5.41) is 0. The van der Waals surface area contributed by atoms with Crippen LogP contribution in [-0.4, -0.2) is 5.78 Å². The first-order valence-electron chi connectivity index (χ1n) is 8.56. The van der Waals surface area contributed by atoms with Crippen LogP contribution in [0.1, 0.15) is 58.8 Å². The van der Waals surface area contributed by atoms with Crippen molar-refractivity contribution >= 4 is 21.7 Å². The largest absolute Gasteiger partial charge is 0.294 e. The minimum atomic E-state index is 0.277. The van der Waals surface area contributed by atoms with Gasteiger partial charge in [-0.25, -0.2) is 0 Å². The van der Waals surface area contributed by atoms with Gasteiger partial charge >= 0.3 is 0 Å². The molecule has 0 aliphatic heterocycles. The lowest BCUT2D eigenvalue weighted by Crippen LogP contribution is -2.49.